The molecule has 23 heavy (non-hydrogen) atoms. The summed E-state index contributed by atoms with van der Waals surface area (Å²) in [7, 11) is 1.96. The van der Waals surface area contributed by atoms with Crippen LogP contribution in [0.15, 0.2) is 39.4 Å². The molecule has 7 heteroatoms. The highest BCUT2D eigenvalue weighted by Gasteiger charge is 2.14. The third-order valence-electron chi connectivity index (χ3n) is 3.29. The lowest BCUT2D eigenvalue weighted by atomic mass is 10.2. The van der Waals surface area contributed by atoms with Crippen molar-refractivity contribution in [2.45, 2.75) is 32.9 Å². The summed E-state index contributed by atoms with van der Waals surface area (Å²) in [5, 5.41) is 12.1. The van der Waals surface area contributed by atoms with E-state index in [4.69, 9.17) is 8.94 Å². The Bertz CT molecular complexity index is 751. The van der Waals surface area contributed by atoms with Crippen molar-refractivity contribution < 1.29 is 8.94 Å². The zero-order valence-electron chi connectivity index (χ0n) is 13.4. The highest BCUT2D eigenvalue weighted by molar-refractivity contribution is 5.52. The quantitative estimate of drug-likeness (QED) is 0.692. The highest BCUT2D eigenvalue weighted by Crippen LogP contribution is 2.18. The Morgan fingerprint density at radius 1 is 1.13 bits per heavy atom. The topological polar surface area (TPSA) is 81.1 Å². The number of aromatic nitrogens is 4. The minimum absolute atomic E-state index is 0.233. The molecule has 0 bridgehead atoms. The van der Waals surface area contributed by atoms with Gasteiger partial charge in [-0.2, -0.15) is 0 Å². The molecule has 0 radical (unpaired) electrons. The molecule has 120 valence electrons. The monoisotopic (exact) mass is 313 g/mol. The van der Waals surface area contributed by atoms with Crippen molar-refractivity contribution in [3.63, 3.8) is 0 Å². The maximum atomic E-state index is 5.61. The van der Waals surface area contributed by atoms with Gasteiger partial charge in [-0.05, 0) is 19.2 Å². The summed E-state index contributed by atoms with van der Waals surface area (Å²) in [6.07, 6.45) is 1.73. The van der Waals surface area contributed by atoms with Crippen LogP contribution in [0.5, 0.6) is 0 Å². The van der Waals surface area contributed by atoms with E-state index in [0.717, 1.165) is 17.1 Å². The van der Waals surface area contributed by atoms with Crippen molar-refractivity contribution in [3.8, 4) is 11.4 Å². The van der Waals surface area contributed by atoms with Crippen LogP contribution in [0.3, 0.4) is 0 Å². The Kier molecular flexibility index (Phi) is 4.47. The average molecular weight is 313 g/mol. The van der Waals surface area contributed by atoms with Gasteiger partial charge in [0.2, 0.25) is 11.8 Å². The molecular formula is C16H19N5O2. The van der Waals surface area contributed by atoms with Gasteiger partial charge in [0.05, 0.1) is 18.8 Å². The smallest absolute Gasteiger partial charge is 0.230 e. The molecule has 3 rings (SSSR count). The Morgan fingerprint density at radius 3 is 2.70 bits per heavy atom. The molecule has 0 saturated heterocycles. The summed E-state index contributed by atoms with van der Waals surface area (Å²) in [6.45, 7) is 5.20. The number of hydrogen-bond donors (Lipinski definition) is 0. The van der Waals surface area contributed by atoms with Gasteiger partial charge in [0, 0.05) is 18.2 Å². The summed E-state index contributed by atoms with van der Waals surface area (Å²) >= 11 is 0. The van der Waals surface area contributed by atoms with E-state index in [1.54, 1.807) is 6.20 Å². The third-order valence-corrected chi connectivity index (χ3v) is 3.29. The van der Waals surface area contributed by atoms with Crippen molar-refractivity contribution in [1.29, 1.82) is 0 Å². The molecule has 3 aromatic heterocycles. The van der Waals surface area contributed by atoms with E-state index in [2.05, 4.69) is 20.3 Å². The molecule has 0 aromatic carbocycles. The van der Waals surface area contributed by atoms with Crippen LogP contribution < -0.4 is 0 Å². The minimum Gasteiger partial charge on any atom is -0.424 e. The van der Waals surface area contributed by atoms with E-state index in [1.165, 1.54) is 0 Å². The molecule has 0 fully saturated rings. The standard InChI is InChI=1S/C16H19N5O2/c1-11(2)16-19-18-15(22-16)10-21(3)9-12-8-14(20-23-12)13-6-4-5-7-17-13/h4-8,11H,9-10H2,1-3H3. The molecule has 0 N–H and O–H groups in total. The fraction of sp³-hybridized carbons (Fsp3) is 0.375. The number of nitrogens with zero attached hydrogens (tertiary/aromatic N) is 5. The van der Waals surface area contributed by atoms with Crippen LogP contribution in [0.25, 0.3) is 11.4 Å². The van der Waals surface area contributed by atoms with E-state index < -0.39 is 0 Å². The molecular weight excluding hydrogens is 294 g/mol. The lowest BCUT2D eigenvalue weighted by molar-refractivity contribution is 0.242. The largest absolute Gasteiger partial charge is 0.424 e. The van der Waals surface area contributed by atoms with Crippen molar-refractivity contribution in [2.24, 2.45) is 0 Å². The molecule has 0 spiro atoms. The van der Waals surface area contributed by atoms with E-state index in [9.17, 15) is 0 Å². The second-order valence-corrected chi connectivity index (χ2v) is 5.75. The second kappa shape index (κ2) is 6.70. The Morgan fingerprint density at radius 2 is 2.00 bits per heavy atom. The second-order valence-electron chi connectivity index (χ2n) is 5.75. The number of pyridine rings is 1. The molecule has 7 nitrogen and oxygen atoms in total. The Balaban J connectivity index is 1.61. The fourth-order valence-corrected chi connectivity index (χ4v) is 2.14. The van der Waals surface area contributed by atoms with Crippen LogP contribution in [0, 0.1) is 0 Å². The first-order chi connectivity index (χ1) is 11.1. The van der Waals surface area contributed by atoms with Gasteiger partial charge in [-0.25, -0.2) is 0 Å². The lowest BCUT2D eigenvalue weighted by Gasteiger charge is -2.11. The van der Waals surface area contributed by atoms with Gasteiger partial charge in [-0.1, -0.05) is 25.1 Å². The summed E-state index contributed by atoms with van der Waals surface area (Å²) in [4.78, 5) is 6.29. The van der Waals surface area contributed by atoms with Crippen LogP contribution in [0.4, 0.5) is 0 Å². The molecule has 0 aliphatic heterocycles. The zero-order valence-corrected chi connectivity index (χ0v) is 13.4. The predicted molar refractivity (Wildman–Crippen MR) is 83.3 cm³/mol. The fourth-order valence-electron chi connectivity index (χ4n) is 2.14. The molecule has 0 unspecified atom stereocenters. The van der Waals surface area contributed by atoms with Gasteiger partial charge in [0.1, 0.15) is 5.69 Å². The van der Waals surface area contributed by atoms with Crippen molar-refractivity contribution in [2.75, 3.05) is 7.05 Å². The lowest BCUT2D eigenvalue weighted by Crippen LogP contribution is -2.17. The van der Waals surface area contributed by atoms with Crippen LogP contribution in [0.2, 0.25) is 0 Å². The van der Waals surface area contributed by atoms with Crippen LogP contribution in [-0.4, -0.2) is 32.3 Å². The molecule has 0 amide bonds. The van der Waals surface area contributed by atoms with E-state index in [-0.39, 0.29) is 5.92 Å². The van der Waals surface area contributed by atoms with Crippen LogP contribution >= 0.6 is 0 Å². The third kappa shape index (κ3) is 3.81. The van der Waals surface area contributed by atoms with Gasteiger partial charge in [0.15, 0.2) is 5.76 Å². The Hall–Kier alpha value is -2.54. The maximum absolute atomic E-state index is 5.61. The molecule has 3 aromatic rings. The first-order valence-corrected chi connectivity index (χ1v) is 7.49. The maximum Gasteiger partial charge on any atom is 0.230 e. The zero-order chi connectivity index (χ0) is 16.2. The van der Waals surface area contributed by atoms with Gasteiger partial charge in [-0.15, -0.1) is 10.2 Å². The van der Waals surface area contributed by atoms with Crippen molar-refractivity contribution in [1.82, 2.24) is 25.2 Å². The van der Waals surface area contributed by atoms with Crippen molar-refractivity contribution in [3.05, 3.63) is 48.0 Å². The molecule has 3 heterocycles. The van der Waals surface area contributed by atoms with E-state index >= 15 is 0 Å². The normalized spacial score (nSPS) is 11.5. The first-order valence-electron chi connectivity index (χ1n) is 7.49. The molecule has 0 aliphatic rings. The van der Waals surface area contributed by atoms with Crippen LogP contribution in [-0.2, 0) is 13.1 Å². The van der Waals surface area contributed by atoms with Gasteiger partial charge in [-0.3, -0.25) is 9.88 Å². The van der Waals surface area contributed by atoms with Crippen molar-refractivity contribution >= 4 is 0 Å². The van der Waals surface area contributed by atoms with E-state index in [1.807, 2.05) is 50.1 Å². The summed E-state index contributed by atoms with van der Waals surface area (Å²) in [5.74, 6) is 2.25. The minimum atomic E-state index is 0.233. The molecule has 0 atom stereocenters. The summed E-state index contributed by atoms with van der Waals surface area (Å²) in [5.41, 5.74) is 1.53. The summed E-state index contributed by atoms with van der Waals surface area (Å²) in [6, 6.07) is 7.59. The highest BCUT2D eigenvalue weighted by atomic mass is 16.5. The number of hydrogen-bond acceptors (Lipinski definition) is 7. The predicted octanol–water partition coefficient (Wildman–Crippen LogP) is 2.88. The first kappa shape index (κ1) is 15.4. The van der Waals surface area contributed by atoms with E-state index in [0.29, 0.717) is 24.9 Å². The van der Waals surface area contributed by atoms with Gasteiger partial charge < -0.3 is 8.94 Å². The average Bonchev–Trinajstić information content (AvgIpc) is 3.18. The van der Waals surface area contributed by atoms with Gasteiger partial charge >= 0.3 is 0 Å². The summed E-state index contributed by atoms with van der Waals surface area (Å²) < 4.78 is 11.0. The Labute approximate surface area is 134 Å². The van der Waals surface area contributed by atoms with Crippen LogP contribution in [0.1, 0.15) is 37.3 Å². The number of rotatable bonds is 6. The SMILES string of the molecule is CC(C)c1nnc(CN(C)Cc2cc(-c3ccccn3)no2)o1. The molecule has 0 aliphatic carbocycles. The van der Waals surface area contributed by atoms with Gasteiger partial charge in [0.25, 0.3) is 0 Å². The molecule has 0 saturated carbocycles.